The van der Waals surface area contributed by atoms with Gasteiger partial charge >= 0.3 is 0 Å². The lowest BCUT2D eigenvalue weighted by Gasteiger charge is -2.57. The van der Waals surface area contributed by atoms with Crippen LogP contribution in [0.5, 0.6) is 0 Å². The maximum atomic E-state index is 5.33. The van der Waals surface area contributed by atoms with E-state index in [0.717, 1.165) is 35.6 Å². The highest BCUT2D eigenvalue weighted by Crippen LogP contribution is 2.60. The monoisotopic (exact) mass is 459 g/mol. The molecule has 4 aliphatic rings. The van der Waals surface area contributed by atoms with E-state index in [0.29, 0.717) is 10.2 Å². The average molecular weight is 460 g/mol. The number of aromatic nitrogens is 4. The lowest BCUT2D eigenvalue weighted by atomic mass is 9.48. The van der Waals surface area contributed by atoms with E-state index < -0.39 is 0 Å². The Morgan fingerprint density at radius 2 is 1.73 bits per heavy atom. The molecule has 4 saturated carbocycles. The summed E-state index contributed by atoms with van der Waals surface area (Å²) in [6, 6.07) is 11.7. The topological polar surface area (TPSA) is 50.9 Å². The number of hydrogen-bond donors (Lipinski definition) is 1. The molecule has 4 fully saturated rings. The Morgan fingerprint density at radius 3 is 2.33 bits per heavy atom. The second-order valence-electron chi connectivity index (χ2n) is 10.8. The van der Waals surface area contributed by atoms with Gasteiger partial charge in [0, 0.05) is 29.1 Å². The third-order valence-electron chi connectivity index (χ3n) is 8.59. The first kappa shape index (κ1) is 21.1. The van der Waals surface area contributed by atoms with Gasteiger partial charge in [-0.05, 0) is 112 Å². The van der Waals surface area contributed by atoms with Gasteiger partial charge in [-0.1, -0.05) is 19.1 Å². The van der Waals surface area contributed by atoms with Gasteiger partial charge in [-0.25, -0.2) is 0 Å². The van der Waals surface area contributed by atoms with E-state index in [-0.39, 0.29) is 0 Å². The minimum atomic E-state index is 0.451. The average Bonchev–Trinajstić information content (AvgIpc) is 3.29. The van der Waals surface area contributed by atoms with Gasteiger partial charge in [0.1, 0.15) is 0 Å². The molecule has 2 heterocycles. The SMILES string of the molecule is CCc1n[nH]c(=S)n1/N=C\c1cc(C)n(-c2ccc(C34CC5CC(CC(C5)C3)C4)cc2)c1C. The number of aryl methyl sites for hydroxylation is 2. The van der Waals surface area contributed by atoms with Gasteiger partial charge in [0.05, 0.1) is 6.21 Å². The quantitative estimate of drug-likeness (QED) is 0.362. The zero-order valence-corrected chi connectivity index (χ0v) is 20.7. The highest BCUT2D eigenvalue weighted by atomic mass is 32.1. The summed E-state index contributed by atoms with van der Waals surface area (Å²) >= 11 is 5.33. The fourth-order valence-electron chi connectivity index (χ4n) is 7.54. The molecule has 0 unspecified atom stereocenters. The van der Waals surface area contributed by atoms with Crippen LogP contribution in [0.4, 0.5) is 0 Å². The molecule has 4 aliphatic carbocycles. The van der Waals surface area contributed by atoms with Crippen molar-refractivity contribution in [3.05, 3.63) is 63.4 Å². The van der Waals surface area contributed by atoms with Crippen molar-refractivity contribution in [3.63, 3.8) is 0 Å². The second kappa shape index (κ2) is 7.79. The van der Waals surface area contributed by atoms with Crippen LogP contribution in [0.2, 0.25) is 0 Å². The van der Waals surface area contributed by atoms with Crippen molar-refractivity contribution in [1.29, 1.82) is 0 Å². The molecule has 1 aromatic carbocycles. The van der Waals surface area contributed by atoms with Crippen LogP contribution >= 0.6 is 12.2 Å². The number of hydrogen-bond acceptors (Lipinski definition) is 3. The number of H-pyrrole nitrogens is 1. The van der Waals surface area contributed by atoms with Gasteiger partial charge in [-0.2, -0.15) is 14.9 Å². The minimum Gasteiger partial charge on any atom is -0.318 e. The summed E-state index contributed by atoms with van der Waals surface area (Å²) in [6.07, 6.45) is 11.4. The predicted octanol–water partition coefficient (Wildman–Crippen LogP) is 6.26. The second-order valence-corrected chi connectivity index (χ2v) is 11.1. The molecular formula is C27H33N5S. The van der Waals surface area contributed by atoms with Crippen LogP contribution in [-0.2, 0) is 11.8 Å². The van der Waals surface area contributed by atoms with Crippen molar-refractivity contribution in [3.8, 4) is 5.69 Å². The van der Waals surface area contributed by atoms with E-state index in [1.54, 1.807) is 10.2 Å². The van der Waals surface area contributed by atoms with Crippen molar-refractivity contribution in [2.24, 2.45) is 22.9 Å². The van der Waals surface area contributed by atoms with Crippen molar-refractivity contribution in [1.82, 2.24) is 19.4 Å². The molecule has 3 aromatic rings. The number of nitrogens with zero attached hydrogens (tertiary/aromatic N) is 4. The number of rotatable bonds is 5. The lowest BCUT2D eigenvalue weighted by molar-refractivity contribution is -0.00518. The molecule has 33 heavy (non-hydrogen) atoms. The Kier molecular flexibility index (Phi) is 4.98. The standard InChI is InChI=1S/C27H33N5S/c1-4-25-29-30-26(33)32(25)28-16-22-9-17(2)31(18(22)3)24-7-5-23(6-8-24)27-13-19-10-20(14-27)12-21(11-19)15-27/h5-9,16,19-21H,4,10-15H2,1-3H3,(H,30,33)/b28-16-. The van der Waals surface area contributed by atoms with Crippen molar-refractivity contribution < 1.29 is 0 Å². The van der Waals surface area contributed by atoms with Gasteiger partial charge in [0.15, 0.2) is 5.82 Å². The van der Waals surface area contributed by atoms with Crippen molar-refractivity contribution in [2.75, 3.05) is 0 Å². The van der Waals surface area contributed by atoms with E-state index in [4.69, 9.17) is 12.2 Å². The molecule has 0 amide bonds. The maximum absolute atomic E-state index is 5.33. The molecule has 0 saturated heterocycles. The normalized spacial score (nSPS) is 28.3. The summed E-state index contributed by atoms with van der Waals surface area (Å²) in [5.41, 5.74) is 6.76. The van der Waals surface area contributed by atoms with Crippen molar-refractivity contribution in [2.45, 2.75) is 71.1 Å². The van der Waals surface area contributed by atoms with Gasteiger partial charge in [-0.3, -0.25) is 5.10 Å². The lowest BCUT2D eigenvalue weighted by Crippen LogP contribution is -2.48. The first-order chi connectivity index (χ1) is 16.0. The first-order valence-electron chi connectivity index (χ1n) is 12.5. The molecule has 2 aromatic heterocycles. The van der Waals surface area contributed by atoms with E-state index in [1.807, 2.05) is 6.21 Å². The number of aromatic amines is 1. The third-order valence-corrected chi connectivity index (χ3v) is 8.86. The zero-order valence-electron chi connectivity index (χ0n) is 19.8. The predicted molar refractivity (Wildman–Crippen MR) is 135 cm³/mol. The number of nitrogens with one attached hydrogen (secondary N) is 1. The largest absolute Gasteiger partial charge is 0.318 e. The molecule has 0 radical (unpaired) electrons. The van der Waals surface area contributed by atoms with E-state index in [2.05, 4.69) is 71.0 Å². The summed E-state index contributed by atoms with van der Waals surface area (Å²) in [5.74, 6) is 3.77. The van der Waals surface area contributed by atoms with Crippen LogP contribution in [0.15, 0.2) is 35.4 Å². The summed E-state index contributed by atoms with van der Waals surface area (Å²) in [7, 11) is 0. The molecular weight excluding hydrogens is 426 g/mol. The fraction of sp³-hybridized carbons (Fsp3) is 0.519. The van der Waals surface area contributed by atoms with Crippen LogP contribution in [0, 0.1) is 36.4 Å². The van der Waals surface area contributed by atoms with E-state index >= 15 is 0 Å². The molecule has 1 N–H and O–H groups in total. The summed E-state index contributed by atoms with van der Waals surface area (Å²) in [5, 5.41) is 11.7. The van der Waals surface area contributed by atoms with Gasteiger partial charge in [-0.15, -0.1) is 0 Å². The van der Waals surface area contributed by atoms with Crippen LogP contribution in [0.3, 0.4) is 0 Å². The molecule has 7 rings (SSSR count). The van der Waals surface area contributed by atoms with Crippen LogP contribution in [-0.4, -0.2) is 25.7 Å². The molecule has 0 atom stereocenters. The summed E-state index contributed by atoms with van der Waals surface area (Å²) in [4.78, 5) is 0. The summed E-state index contributed by atoms with van der Waals surface area (Å²) < 4.78 is 4.57. The zero-order chi connectivity index (χ0) is 22.7. The molecule has 6 heteroatoms. The minimum absolute atomic E-state index is 0.451. The van der Waals surface area contributed by atoms with Crippen LogP contribution < -0.4 is 0 Å². The first-order valence-corrected chi connectivity index (χ1v) is 12.9. The molecule has 5 nitrogen and oxygen atoms in total. The Bertz CT molecular complexity index is 1240. The Balaban J connectivity index is 1.29. The smallest absolute Gasteiger partial charge is 0.216 e. The molecule has 0 aliphatic heterocycles. The fourth-order valence-corrected chi connectivity index (χ4v) is 7.73. The van der Waals surface area contributed by atoms with Gasteiger partial charge in [0.25, 0.3) is 0 Å². The highest BCUT2D eigenvalue weighted by molar-refractivity contribution is 7.71. The summed E-state index contributed by atoms with van der Waals surface area (Å²) in [6.45, 7) is 6.38. The Morgan fingerprint density at radius 1 is 1.09 bits per heavy atom. The number of benzene rings is 1. The van der Waals surface area contributed by atoms with Crippen molar-refractivity contribution >= 4 is 18.4 Å². The van der Waals surface area contributed by atoms with E-state index in [9.17, 15) is 0 Å². The van der Waals surface area contributed by atoms with Gasteiger partial charge in [0.2, 0.25) is 4.77 Å². The van der Waals surface area contributed by atoms with Crippen LogP contribution in [0.25, 0.3) is 5.69 Å². The molecule has 4 bridgehead atoms. The third kappa shape index (κ3) is 3.45. The Hall–Kier alpha value is -2.47. The maximum Gasteiger partial charge on any atom is 0.216 e. The van der Waals surface area contributed by atoms with E-state index in [1.165, 1.54) is 55.6 Å². The highest BCUT2D eigenvalue weighted by Gasteiger charge is 2.51. The van der Waals surface area contributed by atoms with Crippen LogP contribution in [0.1, 0.15) is 73.8 Å². The molecule has 0 spiro atoms. The Labute approximate surface area is 200 Å². The molecule has 172 valence electrons. The van der Waals surface area contributed by atoms with Gasteiger partial charge < -0.3 is 4.57 Å².